The van der Waals surface area contributed by atoms with Gasteiger partial charge in [-0.15, -0.1) is 0 Å². The van der Waals surface area contributed by atoms with Gasteiger partial charge < -0.3 is 13.7 Å². The molecule has 0 saturated carbocycles. The highest BCUT2D eigenvalue weighted by atomic mass is 16.3. The maximum absolute atomic E-state index is 7.00. The second-order valence-electron chi connectivity index (χ2n) is 16.0. The molecule has 0 unspecified atom stereocenters. The summed E-state index contributed by atoms with van der Waals surface area (Å²) in [5.74, 6) is 0. The molecule has 0 spiro atoms. The molecule has 2 aromatic heterocycles. The van der Waals surface area contributed by atoms with Crippen LogP contribution in [0.4, 0.5) is 17.1 Å². The Bertz CT molecular complexity index is 3450. The summed E-state index contributed by atoms with van der Waals surface area (Å²) in [5, 5.41) is 6.78. The number of anilines is 3. The molecule has 0 N–H and O–H groups in total. The van der Waals surface area contributed by atoms with Gasteiger partial charge in [0.2, 0.25) is 0 Å². The van der Waals surface area contributed by atoms with E-state index in [0.717, 1.165) is 83.2 Å². The summed E-state index contributed by atoms with van der Waals surface area (Å²) in [4.78, 5) is 2.43. The first-order chi connectivity index (χ1) is 28.5. The van der Waals surface area contributed by atoms with E-state index in [0.29, 0.717) is 0 Å². The van der Waals surface area contributed by atoms with E-state index in [1.807, 2.05) is 12.1 Å². The molecule has 11 aromatic rings. The topological polar surface area (TPSA) is 29.5 Å². The van der Waals surface area contributed by atoms with Gasteiger partial charge in [0, 0.05) is 44.1 Å². The molecule has 12 rings (SSSR count). The molecule has 0 saturated heterocycles. The Morgan fingerprint density at radius 2 is 0.931 bits per heavy atom. The second-order valence-corrected chi connectivity index (χ2v) is 16.0. The number of hydrogen-bond acceptors (Lipinski definition) is 3. The van der Waals surface area contributed by atoms with E-state index in [2.05, 4.69) is 195 Å². The van der Waals surface area contributed by atoms with Gasteiger partial charge in [-0.25, -0.2) is 0 Å². The van der Waals surface area contributed by atoms with Crippen molar-refractivity contribution in [2.45, 2.75) is 19.3 Å². The van der Waals surface area contributed by atoms with Crippen molar-refractivity contribution in [1.82, 2.24) is 0 Å². The molecule has 0 amide bonds. The van der Waals surface area contributed by atoms with E-state index >= 15 is 0 Å². The van der Waals surface area contributed by atoms with Gasteiger partial charge in [-0.2, -0.15) is 0 Å². The molecule has 0 aliphatic heterocycles. The van der Waals surface area contributed by atoms with E-state index < -0.39 is 0 Å². The van der Waals surface area contributed by atoms with E-state index in [1.54, 1.807) is 0 Å². The standard InChI is InChI=1S/C55H37NO2/c1-55(2)47-23-10-7-18-40(47)41-29-28-37(33-48(41)55)56(36-27-26-34-14-3-4-15-35(34)32-36)49-31-30-45(54-52(49)46-20-9-12-25-51(46)58-54)39-17-6-5-16-38(39)43-21-13-22-44-42-19-8-11-24-50(42)57-53(43)44/h3-33H,1-2H3. The van der Waals surface area contributed by atoms with Crippen LogP contribution in [0.1, 0.15) is 25.0 Å². The number of fused-ring (bicyclic) bond motifs is 10. The summed E-state index contributed by atoms with van der Waals surface area (Å²) in [6, 6.07) is 67.6. The third-order valence-electron chi connectivity index (χ3n) is 12.5. The highest BCUT2D eigenvalue weighted by Gasteiger charge is 2.36. The maximum Gasteiger partial charge on any atom is 0.145 e. The summed E-state index contributed by atoms with van der Waals surface area (Å²) in [6.45, 7) is 4.70. The van der Waals surface area contributed by atoms with Gasteiger partial charge in [-0.3, -0.25) is 0 Å². The van der Waals surface area contributed by atoms with Gasteiger partial charge in [0.05, 0.1) is 11.1 Å². The number of furan rings is 2. The lowest BCUT2D eigenvalue weighted by Crippen LogP contribution is -2.16. The van der Waals surface area contributed by atoms with Gasteiger partial charge in [0.1, 0.15) is 22.3 Å². The fourth-order valence-corrected chi connectivity index (χ4v) is 9.70. The molecule has 0 bridgehead atoms. The van der Waals surface area contributed by atoms with Gasteiger partial charge in [-0.05, 0) is 92.7 Å². The minimum atomic E-state index is -0.148. The van der Waals surface area contributed by atoms with Crippen LogP contribution in [0.5, 0.6) is 0 Å². The largest absolute Gasteiger partial charge is 0.455 e. The lowest BCUT2D eigenvalue weighted by Gasteiger charge is -2.29. The van der Waals surface area contributed by atoms with Crippen LogP contribution in [0, 0.1) is 0 Å². The van der Waals surface area contributed by atoms with Crippen LogP contribution in [0.3, 0.4) is 0 Å². The van der Waals surface area contributed by atoms with E-state index in [9.17, 15) is 0 Å². The van der Waals surface area contributed by atoms with Crippen molar-refractivity contribution in [2.75, 3.05) is 4.90 Å². The quantitative estimate of drug-likeness (QED) is 0.176. The van der Waals surface area contributed by atoms with Crippen molar-refractivity contribution in [3.63, 3.8) is 0 Å². The Balaban J connectivity index is 1.12. The Labute approximate surface area is 336 Å². The third kappa shape index (κ3) is 4.74. The minimum absolute atomic E-state index is 0.148. The first-order valence-corrected chi connectivity index (χ1v) is 20.0. The van der Waals surface area contributed by atoms with Crippen LogP contribution in [0.2, 0.25) is 0 Å². The molecule has 3 nitrogen and oxygen atoms in total. The van der Waals surface area contributed by atoms with Gasteiger partial charge in [0.15, 0.2) is 0 Å². The zero-order valence-corrected chi connectivity index (χ0v) is 32.2. The fourth-order valence-electron chi connectivity index (χ4n) is 9.70. The van der Waals surface area contributed by atoms with Gasteiger partial charge in [-0.1, -0.05) is 153 Å². The summed E-state index contributed by atoms with van der Waals surface area (Å²) >= 11 is 0. The first kappa shape index (κ1) is 32.8. The van der Waals surface area contributed by atoms with Crippen LogP contribution in [-0.4, -0.2) is 0 Å². The lowest BCUT2D eigenvalue weighted by molar-refractivity contribution is 0.660. The van der Waals surface area contributed by atoms with Crippen molar-refractivity contribution in [1.29, 1.82) is 0 Å². The van der Waals surface area contributed by atoms with Crippen LogP contribution >= 0.6 is 0 Å². The molecule has 0 radical (unpaired) electrons. The molecule has 3 heteroatoms. The summed E-state index contributed by atoms with van der Waals surface area (Å²) in [5.41, 5.74) is 16.1. The van der Waals surface area contributed by atoms with Crippen molar-refractivity contribution in [3.8, 4) is 33.4 Å². The highest BCUT2D eigenvalue weighted by Crippen LogP contribution is 2.53. The van der Waals surface area contributed by atoms with E-state index in [-0.39, 0.29) is 5.41 Å². The van der Waals surface area contributed by atoms with Crippen LogP contribution in [0.15, 0.2) is 197 Å². The second kappa shape index (κ2) is 12.3. The minimum Gasteiger partial charge on any atom is -0.455 e. The zero-order chi connectivity index (χ0) is 38.5. The monoisotopic (exact) mass is 743 g/mol. The third-order valence-corrected chi connectivity index (χ3v) is 12.5. The van der Waals surface area contributed by atoms with Crippen LogP contribution in [-0.2, 0) is 5.41 Å². The summed E-state index contributed by atoms with van der Waals surface area (Å²) in [6.07, 6.45) is 0. The summed E-state index contributed by atoms with van der Waals surface area (Å²) in [7, 11) is 0. The van der Waals surface area contributed by atoms with Gasteiger partial charge in [0.25, 0.3) is 0 Å². The molecular weight excluding hydrogens is 707 g/mol. The Kier molecular flexibility index (Phi) is 6.98. The van der Waals surface area contributed by atoms with Crippen molar-refractivity contribution >= 4 is 71.7 Å². The molecule has 274 valence electrons. The Hall–Kier alpha value is -7.36. The maximum atomic E-state index is 7.00. The van der Waals surface area contributed by atoms with E-state index in [1.165, 1.54) is 33.0 Å². The summed E-state index contributed by atoms with van der Waals surface area (Å²) < 4.78 is 13.6. The Morgan fingerprint density at radius 1 is 0.379 bits per heavy atom. The zero-order valence-electron chi connectivity index (χ0n) is 32.2. The number of hydrogen-bond donors (Lipinski definition) is 0. The average molecular weight is 744 g/mol. The average Bonchev–Trinajstić information content (AvgIpc) is 3.92. The number of nitrogens with zero attached hydrogens (tertiary/aromatic N) is 1. The number of rotatable bonds is 5. The number of para-hydroxylation sites is 3. The molecule has 0 fully saturated rings. The van der Waals surface area contributed by atoms with Crippen LogP contribution < -0.4 is 4.90 Å². The molecular formula is C55H37NO2. The van der Waals surface area contributed by atoms with E-state index in [4.69, 9.17) is 8.83 Å². The SMILES string of the molecule is CC1(C)c2ccccc2-c2ccc(N(c3ccc4ccccc4c3)c3ccc(-c4ccccc4-c4cccc5c4oc4ccccc45)c4oc5ccccc5c34)cc21. The van der Waals surface area contributed by atoms with Gasteiger partial charge >= 0.3 is 0 Å². The molecule has 0 atom stereocenters. The predicted octanol–water partition coefficient (Wildman–Crippen LogP) is 15.7. The number of benzene rings is 9. The Morgan fingerprint density at radius 3 is 1.76 bits per heavy atom. The smallest absolute Gasteiger partial charge is 0.145 e. The first-order valence-electron chi connectivity index (χ1n) is 20.0. The molecule has 1 aliphatic carbocycles. The molecule has 2 heterocycles. The van der Waals surface area contributed by atoms with Crippen molar-refractivity contribution in [2.24, 2.45) is 0 Å². The van der Waals surface area contributed by atoms with Crippen molar-refractivity contribution in [3.05, 3.63) is 199 Å². The normalized spacial score (nSPS) is 13.1. The van der Waals surface area contributed by atoms with Crippen LogP contribution in [0.25, 0.3) is 88.0 Å². The van der Waals surface area contributed by atoms with Crippen molar-refractivity contribution < 1.29 is 8.83 Å². The molecule has 1 aliphatic rings. The fraction of sp³-hybridized carbons (Fsp3) is 0.0545. The molecule has 58 heavy (non-hydrogen) atoms. The highest BCUT2D eigenvalue weighted by molar-refractivity contribution is 6.18. The predicted molar refractivity (Wildman–Crippen MR) is 242 cm³/mol. The lowest BCUT2D eigenvalue weighted by atomic mass is 9.82. The molecule has 9 aromatic carbocycles.